The van der Waals surface area contributed by atoms with Crippen molar-refractivity contribution in [2.24, 2.45) is 0 Å². The molecule has 1 heterocycles. The lowest BCUT2D eigenvalue weighted by Crippen LogP contribution is -2.17. The van der Waals surface area contributed by atoms with Crippen LogP contribution < -0.4 is 10.0 Å². The van der Waals surface area contributed by atoms with E-state index in [0.29, 0.717) is 28.4 Å². The molecule has 3 aromatic rings. The second kappa shape index (κ2) is 7.88. The van der Waals surface area contributed by atoms with Gasteiger partial charge in [-0.3, -0.25) is 4.72 Å². The number of sulfonamides is 1. The van der Waals surface area contributed by atoms with E-state index in [1.165, 1.54) is 24.3 Å². The standard InChI is InChI=1S/C18H19ClN4O2S/c1-2-3-12-20-17-18(22-16-7-5-4-6-15(16)21-17)23-26(24,25)14-10-8-13(19)9-11-14/h4-11H,2-3,12H2,1H3,(H,20,21)(H,22,23). The fourth-order valence-corrected chi connectivity index (χ4v) is 3.51. The van der Waals surface area contributed by atoms with Gasteiger partial charge in [0.2, 0.25) is 0 Å². The first kappa shape index (κ1) is 18.4. The van der Waals surface area contributed by atoms with Gasteiger partial charge in [-0.15, -0.1) is 0 Å². The van der Waals surface area contributed by atoms with Crippen LogP contribution in [-0.4, -0.2) is 24.9 Å². The zero-order chi connectivity index (χ0) is 18.6. The molecular formula is C18H19ClN4O2S. The Bertz CT molecular complexity index is 1010. The number of benzene rings is 2. The largest absolute Gasteiger partial charge is 0.367 e. The van der Waals surface area contributed by atoms with Gasteiger partial charge in [-0.1, -0.05) is 37.1 Å². The van der Waals surface area contributed by atoms with Crippen molar-refractivity contribution in [1.29, 1.82) is 0 Å². The molecule has 26 heavy (non-hydrogen) atoms. The molecule has 1 aromatic heterocycles. The second-order valence-electron chi connectivity index (χ2n) is 5.75. The van der Waals surface area contributed by atoms with Crippen LogP contribution in [0.25, 0.3) is 11.0 Å². The normalized spacial score (nSPS) is 11.5. The van der Waals surface area contributed by atoms with Crippen LogP contribution in [0.2, 0.25) is 5.02 Å². The number of nitrogens with one attached hydrogen (secondary N) is 2. The first-order chi connectivity index (χ1) is 12.5. The summed E-state index contributed by atoms with van der Waals surface area (Å²) in [5.74, 6) is 0.587. The Balaban J connectivity index is 1.98. The minimum absolute atomic E-state index is 0.108. The molecule has 8 heteroatoms. The fourth-order valence-electron chi connectivity index (χ4n) is 2.38. The Labute approximate surface area is 157 Å². The molecule has 6 nitrogen and oxygen atoms in total. The molecule has 0 atom stereocenters. The highest BCUT2D eigenvalue weighted by molar-refractivity contribution is 7.92. The molecule has 0 spiro atoms. The van der Waals surface area contributed by atoms with E-state index in [9.17, 15) is 8.42 Å². The second-order valence-corrected chi connectivity index (χ2v) is 7.87. The minimum Gasteiger partial charge on any atom is -0.367 e. The Kier molecular flexibility index (Phi) is 5.58. The fraction of sp³-hybridized carbons (Fsp3) is 0.222. The highest BCUT2D eigenvalue weighted by atomic mass is 35.5. The summed E-state index contributed by atoms with van der Waals surface area (Å²) in [6.07, 6.45) is 1.96. The maximum absolute atomic E-state index is 12.7. The molecule has 0 unspecified atom stereocenters. The monoisotopic (exact) mass is 390 g/mol. The lowest BCUT2D eigenvalue weighted by molar-refractivity contribution is 0.601. The van der Waals surface area contributed by atoms with E-state index in [1.54, 1.807) is 6.07 Å². The smallest absolute Gasteiger partial charge is 0.263 e. The van der Waals surface area contributed by atoms with Gasteiger partial charge < -0.3 is 5.32 Å². The highest BCUT2D eigenvalue weighted by Gasteiger charge is 2.18. The van der Waals surface area contributed by atoms with E-state index in [0.717, 1.165) is 12.8 Å². The van der Waals surface area contributed by atoms with Crippen LogP contribution in [0.1, 0.15) is 19.8 Å². The van der Waals surface area contributed by atoms with Gasteiger partial charge in [-0.25, -0.2) is 18.4 Å². The first-order valence-corrected chi connectivity index (χ1v) is 10.1. The van der Waals surface area contributed by atoms with Gasteiger partial charge in [0.05, 0.1) is 15.9 Å². The molecule has 0 aliphatic rings. The third-order valence-corrected chi connectivity index (χ3v) is 5.36. The topological polar surface area (TPSA) is 84.0 Å². The lowest BCUT2D eigenvalue weighted by atomic mass is 10.3. The molecule has 0 amide bonds. The van der Waals surface area contributed by atoms with Crippen molar-refractivity contribution in [3.05, 3.63) is 53.6 Å². The van der Waals surface area contributed by atoms with Crippen molar-refractivity contribution >= 4 is 44.3 Å². The van der Waals surface area contributed by atoms with Gasteiger partial charge in [0.25, 0.3) is 10.0 Å². The summed E-state index contributed by atoms with van der Waals surface area (Å²) in [6, 6.07) is 13.3. The van der Waals surface area contributed by atoms with Gasteiger partial charge in [0.1, 0.15) is 0 Å². The predicted molar refractivity (Wildman–Crippen MR) is 105 cm³/mol. The summed E-state index contributed by atoms with van der Waals surface area (Å²) < 4.78 is 27.9. The zero-order valence-corrected chi connectivity index (χ0v) is 15.8. The number of fused-ring (bicyclic) bond motifs is 1. The van der Waals surface area contributed by atoms with Crippen LogP contribution in [0.15, 0.2) is 53.4 Å². The molecule has 2 aromatic carbocycles. The average molecular weight is 391 g/mol. The maximum Gasteiger partial charge on any atom is 0.263 e. The van der Waals surface area contributed by atoms with Crippen molar-refractivity contribution in [1.82, 2.24) is 9.97 Å². The summed E-state index contributed by atoms with van der Waals surface area (Å²) in [7, 11) is -3.80. The van der Waals surface area contributed by atoms with E-state index >= 15 is 0 Å². The third-order valence-electron chi connectivity index (χ3n) is 3.75. The summed E-state index contributed by atoms with van der Waals surface area (Å²) in [4.78, 5) is 9.07. The first-order valence-electron chi connectivity index (χ1n) is 8.28. The van der Waals surface area contributed by atoms with Crippen LogP contribution in [0.5, 0.6) is 0 Å². The molecule has 0 saturated carbocycles. The highest BCUT2D eigenvalue weighted by Crippen LogP contribution is 2.24. The SMILES string of the molecule is CCCCNc1nc2ccccc2nc1NS(=O)(=O)c1ccc(Cl)cc1. The number of anilines is 2. The van der Waals surface area contributed by atoms with E-state index < -0.39 is 10.0 Å². The van der Waals surface area contributed by atoms with Gasteiger partial charge in [0.15, 0.2) is 11.6 Å². The summed E-state index contributed by atoms with van der Waals surface area (Å²) in [5.41, 5.74) is 1.31. The summed E-state index contributed by atoms with van der Waals surface area (Å²) in [5, 5.41) is 3.64. The van der Waals surface area contributed by atoms with E-state index in [1.807, 2.05) is 18.2 Å². The predicted octanol–water partition coefficient (Wildman–Crippen LogP) is 4.30. The van der Waals surface area contributed by atoms with Crippen molar-refractivity contribution in [3.8, 4) is 0 Å². The molecular weight excluding hydrogens is 372 g/mol. The van der Waals surface area contributed by atoms with Crippen molar-refractivity contribution < 1.29 is 8.42 Å². The van der Waals surface area contributed by atoms with Gasteiger partial charge >= 0.3 is 0 Å². The quantitative estimate of drug-likeness (QED) is 0.587. The molecule has 0 aliphatic heterocycles. The van der Waals surface area contributed by atoms with Crippen molar-refractivity contribution in [3.63, 3.8) is 0 Å². The Morgan fingerprint density at radius 2 is 1.58 bits per heavy atom. The number of hydrogen-bond donors (Lipinski definition) is 2. The van der Waals surface area contributed by atoms with Gasteiger partial charge in [0, 0.05) is 11.6 Å². The number of rotatable bonds is 7. The average Bonchev–Trinajstić information content (AvgIpc) is 2.62. The number of para-hydroxylation sites is 2. The Hall–Kier alpha value is -2.38. The van der Waals surface area contributed by atoms with Crippen LogP contribution in [-0.2, 0) is 10.0 Å². The zero-order valence-electron chi connectivity index (χ0n) is 14.2. The number of aromatic nitrogens is 2. The van der Waals surface area contributed by atoms with Gasteiger partial charge in [-0.05, 0) is 42.8 Å². The molecule has 0 saturated heterocycles. The molecule has 0 bridgehead atoms. The Morgan fingerprint density at radius 3 is 2.19 bits per heavy atom. The molecule has 0 fully saturated rings. The lowest BCUT2D eigenvalue weighted by Gasteiger charge is -2.13. The van der Waals surface area contributed by atoms with E-state index in [4.69, 9.17) is 11.6 Å². The van der Waals surface area contributed by atoms with Crippen molar-refractivity contribution in [2.45, 2.75) is 24.7 Å². The number of hydrogen-bond acceptors (Lipinski definition) is 5. The Morgan fingerprint density at radius 1 is 0.962 bits per heavy atom. The minimum atomic E-state index is -3.80. The number of unbranched alkanes of at least 4 members (excludes halogenated alkanes) is 1. The van der Waals surface area contributed by atoms with E-state index in [2.05, 4.69) is 26.9 Å². The van der Waals surface area contributed by atoms with Crippen LogP contribution in [0.3, 0.4) is 0 Å². The number of nitrogens with zero attached hydrogens (tertiary/aromatic N) is 2. The van der Waals surface area contributed by atoms with Crippen molar-refractivity contribution in [2.75, 3.05) is 16.6 Å². The third kappa shape index (κ3) is 4.23. The van der Waals surface area contributed by atoms with Crippen LogP contribution in [0.4, 0.5) is 11.6 Å². The molecule has 0 radical (unpaired) electrons. The van der Waals surface area contributed by atoms with Gasteiger partial charge in [-0.2, -0.15) is 0 Å². The van der Waals surface area contributed by atoms with E-state index in [-0.39, 0.29) is 10.7 Å². The molecule has 3 rings (SSSR count). The van der Waals surface area contributed by atoms with Crippen LogP contribution >= 0.6 is 11.6 Å². The summed E-state index contributed by atoms with van der Waals surface area (Å²) >= 11 is 5.84. The summed E-state index contributed by atoms with van der Waals surface area (Å²) in [6.45, 7) is 2.76. The number of halogens is 1. The maximum atomic E-state index is 12.7. The molecule has 0 aliphatic carbocycles. The van der Waals surface area contributed by atoms with Crippen LogP contribution in [0, 0.1) is 0 Å². The molecule has 136 valence electrons. The molecule has 2 N–H and O–H groups in total.